The predicted molar refractivity (Wildman–Crippen MR) is 130 cm³/mol. The number of halogens is 3. The minimum absolute atomic E-state index is 0.0185. The van der Waals surface area contributed by atoms with Gasteiger partial charge in [-0.2, -0.15) is 4.73 Å². The standard InChI is InChI=1S/C25H23BrClFN4O2/c26-19-12-18-2-1-17-13-20(27)14-21(28)23(17)25(24(18)29-15-19)31-9-7-30(8-10-31)22(33)11-16-3-5-32(34)6-4-16/h3-6,12-15,25H,1-2,7-11H2/t25-/m1/s1. The van der Waals surface area contributed by atoms with Gasteiger partial charge in [-0.15, -0.1) is 0 Å². The molecule has 1 aliphatic carbocycles. The zero-order valence-corrected chi connectivity index (χ0v) is 20.7. The molecule has 2 aliphatic rings. The number of piperazine rings is 1. The van der Waals surface area contributed by atoms with Crippen LogP contribution in [0.4, 0.5) is 4.39 Å². The van der Waals surface area contributed by atoms with Crippen molar-refractivity contribution in [2.45, 2.75) is 25.3 Å². The molecule has 34 heavy (non-hydrogen) atoms. The first-order valence-electron chi connectivity index (χ1n) is 11.2. The Morgan fingerprint density at radius 1 is 1.15 bits per heavy atom. The lowest BCUT2D eigenvalue weighted by Crippen LogP contribution is -2.50. The molecule has 0 bridgehead atoms. The summed E-state index contributed by atoms with van der Waals surface area (Å²) in [5.74, 6) is -0.298. The van der Waals surface area contributed by atoms with Gasteiger partial charge in [-0.05, 0) is 63.7 Å². The lowest BCUT2D eigenvalue weighted by atomic mass is 9.95. The van der Waals surface area contributed by atoms with Gasteiger partial charge in [0.2, 0.25) is 5.91 Å². The van der Waals surface area contributed by atoms with Gasteiger partial charge in [0.05, 0.1) is 18.2 Å². The highest BCUT2D eigenvalue weighted by atomic mass is 79.9. The SMILES string of the molecule is O=C(Cc1cc[n+]([O-])cc1)N1CCN([C@H]2c3ncc(Br)cc3CCc3cc(Cl)cc(F)c32)CC1. The van der Waals surface area contributed by atoms with Crippen LogP contribution in [-0.2, 0) is 24.1 Å². The number of fused-ring (bicyclic) bond motifs is 2. The summed E-state index contributed by atoms with van der Waals surface area (Å²) in [5, 5.41) is 11.6. The van der Waals surface area contributed by atoms with Crippen LogP contribution in [0.25, 0.3) is 0 Å². The highest BCUT2D eigenvalue weighted by Crippen LogP contribution is 2.39. The molecule has 1 aliphatic heterocycles. The van der Waals surface area contributed by atoms with Crippen LogP contribution in [0.2, 0.25) is 5.02 Å². The monoisotopic (exact) mass is 544 g/mol. The molecule has 176 valence electrons. The summed E-state index contributed by atoms with van der Waals surface area (Å²) < 4.78 is 16.9. The van der Waals surface area contributed by atoms with Crippen LogP contribution in [0.5, 0.6) is 0 Å². The Labute approximate surface area is 210 Å². The molecular formula is C25H23BrClFN4O2. The molecule has 5 rings (SSSR count). The summed E-state index contributed by atoms with van der Waals surface area (Å²) in [6, 6.07) is 8.29. The highest BCUT2D eigenvalue weighted by molar-refractivity contribution is 9.10. The number of benzene rings is 1. The van der Waals surface area contributed by atoms with Crippen molar-refractivity contribution < 1.29 is 13.9 Å². The molecular weight excluding hydrogens is 523 g/mol. The summed E-state index contributed by atoms with van der Waals surface area (Å²) in [7, 11) is 0. The fourth-order valence-corrected chi connectivity index (χ4v) is 5.53. The molecule has 0 N–H and O–H groups in total. The smallest absolute Gasteiger partial charge is 0.227 e. The Morgan fingerprint density at radius 2 is 1.85 bits per heavy atom. The zero-order chi connectivity index (χ0) is 23.8. The van der Waals surface area contributed by atoms with Crippen LogP contribution in [0.3, 0.4) is 0 Å². The van der Waals surface area contributed by atoms with E-state index in [1.165, 1.54) is 18.5 Å². The minimum Gasteiger partial charge on any atom is -0.619 e. The summed E-state index contributed by atoms with van der Waals surface area (Å²) in [6.07, 6.45) is 6.24. The number of carbonyl (C=O) groups excluding carboxylic acids is 1. The average molecular weight is 546 g/mol. The molecule has 1 amide bonds. The topological polar surface area (TPSA) is 63.4 Å². The van der Waals surface area contributed by atoms with Crippen LogP contribution in [-0.4, -0.2) is 46.9 Å². The molecule has 0 spiro atoms. The van der Waals surface area contributed by atoms with E-state index in [2.05, 4.69) is 26.9 Å². The van der Waals surface area contributed by atoms with E-state index in [0.29, 0.717) is 47.9 Å². The number of hydrogen-bond acceptors (Lipinski definition) is 4. The van der Waals surface area contributed by atoms with E-state index in [4.69, 9.17) is 16.6 Å². The van der Waals surface area contributed by atoms with Crippen molar-refractivity contribution in [3.05, 3.63) is 97.4 Å². The van der Waals surface area contributed by atoms with Crippen LogP contribution in [0, 0.1) is 11.0 Å². The molecule has 0 saturated carbocycles. The fraction of sp³-hybridized carbons (Fsp3) is 0.320. The van der Waals surface area contributed by atoms with Gasteiger partial charge in [0, 0.05) is 59.6 Å². The Morgan fingerprint density at radius 3 is 2.59 bits per heavy atom. The van der Waals surface area contributed by atoms with Gasteiger partial charge in [-0.3, -0.25) is 14.7 Å². The Balaban J connectivity index is 1.40. The van der Waals surface area contributed by atoms with Crippen molar-refractivity contribution in [2.75, 3.05) is 26.2 Å². The van der Waals surface area contributed by atoms with Gasteiger partial charge in [-0.1, -0.05) is 11.6 Å². The molecule has 1 saturated heterocycles. The quantitative estimate of drug-likeness (QED) is 0.371. The van der Waals surface area contributed by atoms with E-state index in [1.54, 1.807) is 18.3 Å². The number of hydrogen-bond donors (Lipinski definition) is 0. The van der Waals surface area contributed by atoms with Crippen molar-refractivity contribution in [1.29, 1.82) is 0 Å². The van der Waals surface area contributed by atoms with E-state index in [0.717, 1.165) is 33.3 Å². The van der Waals surface area contributed by atoms with Crippen molar-refractivity contribution in [3.63, 3.8) is 0 Å². The molecule has 1 fully saturated rings. The number of aromatic nitrogens is 2. The third-order valence-corrected chi connectivity index (χ3v) is 7.25. The molecule has 9 heteroatoms. The Kier molecular flexibility index (Phi) is 6.55. The van der Waals surface area contributed by atoms with Gasteiger partial charge in [0.25, 0.3) is 0 Å². The van der Waals surface area contributed by atoms with Gasteiger partial charge in [0.15, 0.2) is 12.4 Å². The van der Waals surface area contributed by atoms with Gasteiger partial charge < -0.3 is 10.1 Å². The fourth-order valence-electron chi connectivity index (χ4n) is 4.93. The van der Waals surface area contributed by atoms with Crippen molar-refractivity contribution in [2.24, 2.45) is 0 Å². The second-order valence-corrected chi connectivity index (χ2v) is 10.1. The molecule has 0 radical (unpaired) electrons. The maximum absolute atomic E-state index is 15.3. The van der Waals surface area contributed by atoms with Gasteiger partial charge >= 0.3 is 0 Å². The van der Waals surface area contributed by atoms with Crippen molar-refractivity contribution in [3.8, 4) is 0 Å². The lowest BCUT2D eigenvalue weighted by molar-refractivity contribution is -0.605. The molecule has 1 aromatic carbocycles. The first kappa shape index (κ1) is 23.2. The summed E-state index contributed by atoms with van der Waals surface area (Å²) >= 11 is 9.71. The highest BCUT2D eigenvalue weighted by Gasteiger charge is 2.35. The third kappa shape index (κ3) is 4.67. The zero-order valence-electron chi connectivity index (χ0n) is 18.4. The summed E-state index contributed by atoms with van der Waals surface area (Å²) in [4.78, 5) is 21.6. The largest absolute Gasteiger partial charge is 0.619 e. The predicted octanol–water partition coefficient (Wildman–Crippen LogP) is 3.84. The second-order valence-electron chi connectivity index (χ2n) is 8.72. The average Bonchev–Trinajstić information content (AvgIpc) is 2.97. The number of aryl methyl sites for hydroxylation is 2. The van der Waals surface area contributed by atoms with Gasteiger partial charge in [-0.25, -0.2) is 4.39 Å². The van der Waals surface area contributed by atoms with E-state index in [9.17, 15) is 10.0 Å². The van der Waals surface area contributed by atoms with Crippen LogP contribution in [0.15, 0.2) is 53.4 Å². The molecule has 6 nitrogen and oxygen atoms in total. The number of rotatable bonds is 3. The summed E-state index contributed by atoms with van der Waals surface area (Å²) in [5.41, 5.74) is 4.29. The molecule has 3 heterocycles. The number of amides is 1. The Bertz CT molecular complexity index is 1230. The number of nitrogens with zero attached hydrogens (tertiary/aromatic N) is 4. The molecule has 1 atom stereocenters. The number of carbonyl (C=O) groups is 1. The normalized spacial score (nSPS) is 18.2. The molecule has 3 aromatic rings. The van der Waals surface area contributed by atoms with Crippen LogP contribution < -0.4 is 4.73 Å². The Hall–Kier alpha value is -2.55. The summed E-state index contributed by atoms with van der Waals surface area (Å²) in [6.45, 7) is 2.29. The van der Waals surface area contributed by atoms with Crippen molar-refractivity contribution >= 4 is 33.4 Å². The number of pyridine rings is 2. The van der Waals surface area contributed by atoms with E-state index in [-0.39, 0.29) is 24.2 Å². The maximum atomic E-state index is 15.3. The lowest BCUT2D eigenvalue weighted by Gasteiger charge is -2.40. The minimum atomic E-state index is -0.336. The first-order chi connectivity index (χ1) is 16.4. The van der Waals surface area contributed by atoms with Crippen LogP contribution in [0.1, 0.15) is 34.0 Å². The molecule has 0 unspecified atom stereocenters. The van der Waals surface area contributed by atoms with Gasteiger partial charge in [0.1, 0.15) is 5.82 Å². The van der Waals surface area contributed by atoms with E-state index in [1.807, 2.05) is 11.0 Å². The van der Waals surface area contributed by atoms with E-state index < -0.39 is 0 Å². The molecule has 2 aromatic heterocycles. The van der Waals surface area contributed by atoms with E-state index >= 15 is 4.39 Å². The maximum Gasteiger partial charge on any atom is 0.227 e. The second kappa shape index (κ2) is 9.60. The third-order valence-electron chi connectivity index (χ3n) is 6.60. The van der Waals surface area contributed by atoms with Crippen LogP contribution >= 0.6 is 27.5 Å². The van der Waals surface area contributed by atoms with Crippen molar-refractivity contribution in [1.82, 2.24) is 14.8 Å². The first-order valence-corrected chi connectivity index (χ1v) is 12.4.